The summed E-state index contributed by atoms with van der Waals surface area (Å²) in [5, 5.41) is 4.39. The lowest BCUT2D eigenvalue weighted by molar-refractivity contribution is -0.120. The van der Waals surface area contributed by atoms with E-state index in [1.807, 2.05) is 0 Å². The third-order valence-corrected chi connectivity index (χ3v) is 8.77. The maximum Gasteiger partial charge on any atom is 0.253 e. The van der Waals surface area contributed by atoms with Crippen molar-refractivity contribution in [1.29, 1.82) is 0 Å². The molecule has 146 valence electrons. The molecule has 0 bridgehead atoms. The minimum Gasteiger partial charge on any atom is -0.325 e. The molecular weight excluding hydrogens is 408 g/mol. The summed E-state index contributed by atoms with van der Waals surface area (Å²) in [5.41, 5.74) is 0.423. The van der Waals surface area contributed by atoms with Crippen molar-refractivity contribution in [2.75, 3.05) is 18.1 Å². The van der Waals surface area contributed by atoms with E-state index in [1.54, 1.807) is 11.4 Å². The van der Waals surface area contributed by atoms with E-state index in [1.165, 1.54) is 34.6 Å². The molecule has 1 saturated heterocycles. The molecule has 0 unspecified atom stereocenters. The van der Waals surface area contributed by atoms with Crippen LogP contribution >= 0.6 is 11.3 Å². The van der Waals surface area contributed by atoms with E-state index in [9.17, 15) is 21.6 Å². The summed E-state index contributed by atoms with van der Waals surface area (Å²) in [7, 11) is -7.04. The van der Waals surface area contributed by atoms with Crippen molar-refractivity contribution >= 4 is 42.8 Å². The molecule has 27 heavy (non-hydrogen) atoms. The maximum atomic E-state index is 12.9. The second-order valence-electron chi connectivity index (χ2n) is 6.35. The van der Waals surface area contributed by atoms with Crippen LogP contribution in [0.4, 0.5) is 5.69 Å². The van der Waals surface area contributed by atoms with Crippen LogP contribution in [0.1, 0.15) is 19.3 Å². The van der Waals surface area contributed by atoms with Crippen molar-refractivity contribution in [3.63, 3.8) is 0 Å². The summed E-state index contributed by atoms with van der Waals surface area (Å²) < 4.78 is 50.2. The average molecular weight is 429 g/mol. The Balaban J connectivity index is 1.80. The third kappa shape index (κ3) is 4.40. The Hall–Kier alpha value is -1.75. The Labute approximate surface area is 163 Å². The molecular formula is C17H20N2O5S3. The number of piperidine rings is 1. The maximum absolute atomic E-state index is 12.9. The number of sulfone groups is 1. The Kier molecular flexibility index (Phi) is 5.71. The van der Waals surface area contributed by atoms with Gasteiger partial charge in [-0.3, -0.25) is 4.79 Å². The van der Waals surface area contributed by atoms with E-state index in [-0.39, 0.29) is 9.10 Å². The Morgan fingerprint density at radius 1 is 1.11 bits per heavy atom. The van der Waals surface area contributed by atoms with Gasteiger partial charge in [-0.15, -0.1) is 11.3 Å². The molecule has 1 aliphatic heterocycles. The van der Waals surface area contributed by atoms with Crippen LogP contribution in [0.15, 0.2) is 50.9 Å². The zero-order chi connectivity index (χ0) is 19.7. The monoisotopic (exact) mass is 428 g/mol. The largest absolute Gasteiger partial charge is 0.325 e. The van der Waals surface area contributed by atoms with Gasteiger partial charge in [0.2, 0.25) is 5.91 Å². The molecule has 0 aliphatic carbocycles. The highest BCUT2D eigenvalue weighted by Gasteiger charge is 2.38. The van der Waals surface area contributed by atoms with Crippen LogP contribution in [0.5, 0.6) is 0 Å². The zero-order valence-corrected chi connectivity index (χ0v) is 17.1. The first-order chi connectivity index (χ1) is 12.7. The van der Waals surface area contributed by atoms with E-state index >= 15 is 0 Å². The van der Waals surface area contributed by atoms with Crippen LogP contribution in [-0.4, -0.2) is 45.9 Å². The number of nitrogens with one attached hydrogen (secondary N) is 1. The summed E-state index contributed by atoms with van der Waals surface area (Å²) >= 11 is 1.13. The zero-order valence-electron chi connectivity index (χ0n) is 14.7. The van der Waals surface area contributed by atoms with Crippen LogP contribution in [0.2, 0.25) is 0 Å². The first-order valence-corrected chi connectivity index (χ1v) is 12.6. The van der Waals surface area contributed by atoms with Gasteiger partial charge in [0.25, 0.3) is 10.0 Å². The van der Waals surface area contributed by atoms with Gasteiger partial charge in [-0.1, -0.05) is 12.5 Å². The van der Waals surface area contributed by atoms with Crippen LogP contribution in [0.3, 0.4) is 0 Å². The van der Waals surface area contributed by atoms with Crippen molar-refractivity contribution in [3.05, 3.63) is 41.8 Å². The molecule has 7 nitrogen and oxygen atoms in total. The van der Waals surface area contributed by atoms with E-state index < -0.39 is 31.8 Å². The van der Waals surface area contributed by atoms with Crippen molar-refractivity contribution in [1.82, 2.24) is 4.31 Å². The van der Waals surface area contributed by atoms with Crippen molar-refractivity contribution < 1.29 is 21.6 Å². The topological polar surface area (TPSA) is 101 Å². The molecule has 0 spiro atoms. The lowest BCUT2D eigenvalue weighted by atomic mass is 10.0. The number of sulfonamides is 1. The molecule has 1 aromatic heterocycles. The number of thiophene rings is 1. The predicted molar refractivity (Wildman–Crippen MR) is 104 cm³/mol. The standard InChI is InChI=1S/C17H20N2O5S3/c1-26(21,22)14-9-7-13(8-10-14)18-17(20)15-5-2-3-11-19(15)27(23,24)16-6-4-12-25-16/h4,6-10,12,15H,2-3,5,11H2,1H3,(H,18,20)/t15-/m1/s1. The van der Waals surface area contributed by atoms with Crippen molar-refractivity contribution in [2.45, 2.75) is 34.4 Å². The second-order valence-corrected chi connectivity index (χ2v) is 11.4. The molecule has 1 atom stereocenters. The summed E-state index contributed by atoms with van der Waals surface area (Å²) in [6.45, 7) is 0.297. The molecule has 0 radical (unpaired) electrons. The minimum absolute atomic E-state index is 0.153. The van der Waals surface area contributed by atoms with E-state index in [0.29, 0.717) is 25.1 Å². The van der Waals surface area contributed by atoms with Gasteiger partial charge in [0.15, 0.2) is 9.84 Å². The van der Waals surface area contributed by atoms with Gasteiger partial charge in [-0.25, -0.2) is 16.8 Å². The molecule has 10 heteroatoms. The number of carbonyl (C=O) groups is 1. The quantitative estimate of drug-likeness (QED) is 0.788. The van der Waals surface area contributed by atoms with Gasteiger partial charge < -0.3 is 5.32 Å². The highest BCUT2D eigenvalue weighted by molar-refractivity contribution is 7.91. The molecule has 2 heterocycles. The molecule has 1 aromatic carbocycles. The first-order valence-electron chi connectivity index (χ1n) is 8.36. The number of anilines is 1. The number of benzene rings is 1. The molecule has 1 N–H and O–H groups in total. The fraction of sp³-hybridized carbons (Fsp3) is 0.353. The number of carbonyl (C=O) groups excluding carboxylic acids is 1. The van der Waals surface area contributed by atoms with Gasteiger partial charge in [0.05, 0.1) is 4.90 Å². The second kappa shape index (κ2) is 7.70. The van der Waals surface area contributed by atoms with E-state index in [0.717, 1.165) is 24.0 Å². The predicted octanol–water partition coefficient (Wildman–Crippen LogP) is 2.33. The van der Waals surface area contributed by atoms with Crippen molar-refractivity contribution in [2.24, 2.45) is 0 Å². The molecule has 1 aliphatic rings. The molecule has 1 fully saturated rings. The Morgan fingerprint density at radius 3 is 2.41 bits per heavy atom. The normalized spacial score (nSPS) is 18.9. The smallest absolute Gasteiger partial charge is 0.253 e. The third-order valence-electron chi connectivity index (χ3n) is 4.36. The van der Waals surface area contributed by atoms with Gasteiger partial charge in [0.1, 0.15) is 10.3 Å². The van der Waals surface area contributed by atoms with Gasteiger partial charge >= 0.3 is 0 Å². The summed E-state index contributed by atoms with van der Waals surface area (Å²) in [4.78, 5) is 12.9. The number of hydrogen-bond donors (Lipinski definition) is 1. The van der Waals surface area contributed by atoms with Gasteiger partial charge in [-0.2, -0.15) is 4.31 Å². The van der Waals surface area contributed by atoms with Crippen molar-refractivity contribution in [3.8, 4) is 0 Å². The van der Waals surface area contributed by atoms with E-state index in [2.05, 4.69) is 5.32 Å². The van der Waals surface area contributed by atoms with Gasteiger partial charge in [-0.05, 0) is 48.6 Å². The van der Waals surface area contributed by atoms with E-state index in [4.69, 9.17) is 0 Å². The fourth-order valence-corrected chi connectivity index (χ4v) is 6.40. The first kappa shape index (κ1) is 20.0. The summed E-state index contributed by atoms with van der Waals surface area (Å²) in [6, 6.07) is 8.22. The lowest BCUT2D eigenvalue weighted by Crippen LogP contribution is -2.49. The molecule has 2 aromatic rings. The molecule has 1 amide bonds. The average Bonchev–Trinajstić information content (AvgIpc) is 3.17. The van der Waals surface area contributed by atoms with Crippen LogP contribution in [-0.2, 0) is 24.7 Å². The number of amides is 1. The lowest BCUT2D eigenvalue weighted by Gasteiger charge is -2.33. The fourth-order valence-electron chi connectivity index (χ4n) is 2.99. The summed E-state index contributed by atoms with van der Waals surface area (Å²) in [5.74, 6) is -0.415. The number of hydrogen-bond acceptors (Lipinski definition) is 6. The van der Waals surface area contributed by atoms with Crippen LogP contribution in [0.25, 0.3) is 0 Å². The minimum atomic E-state index is -3.72. The number of nitrogens with zero attached hydrogens (tertiary/aromatic N) is 1. The van der Waals surface area contributed by atoms with Crippen LogP contribution < -0.4 is 5.32 Å². The van der Waals surface area contributed by atoms with Gasteiger partial charge in [0, 0.05) is 18.5 Å². The Morgan fingerprint density at radius 2 is 1.81 bits per heavy atom. The van der Waals surface area contributed by atoms with Crippen LogP contribution in [0, 0.1) is 0 Å². The SMILES string of the molecule is CS(=O)(=O)c1ccc(NC(=O)[C@H]2CCCCN2S(=O)(=O)c2cccs2)cc1. The molecule has 0 saturated carbocycles. The Bertz CT molecular complexity index is 1010. The highest BCUT2D eigenvalue weighted by Crippen LogP contribution is 2.28. The summed E-state index contributed by atoms with van der Waals surface area (Å²) in [6.07, 6.45) is 3.02. The molecule has 3 rings (SSSR count). The number of rotatable bonds is 5. The highest BCUT2D eigenvalue weighted by atomic mass is 32.2.